The third-order valence-electron chi connectivity index (χ3n) is 2.87. The van der Waals surface area contributed by atoms with Gasteiger partial charge in [0.25, 0.3) is 0 Å². The van der Waals surface area contributed by atoms with Crippen LogP contribution in [0.3, 0.4) is 0 Å². The molecular weight excluding hydrogens is 358 g/mol. The van der Waals surface area contributed by atoms with Gasteiger partial charge >= 0.3 is 0 Å². The lowest BCUT2D eigenvalue weighted by molar-refractivity contribution is 0.385. The number of hydrogen-bond donors (Lipinski definition) is 2. The molecule has 0 saturated carbocycles. The summed E-state index contributed by atoms with van der Waals surface area (Å²) in [5.74, 6) is 0. The molecule has 0 aliphatic rings. The smallest absolute Gasteiger partial charge is 0.180 e. The number of nitrogens with zero attached hydrogens (tertiary/aromatic N) is 1. The number of nitrogens with one attached hydrogen (secondary N) is 1. The minimum Gasteiger partial charge on any atom is -0.375 e. The van der Waals surface area contributed by atoms with E-state index in [4.69, 9.17) is 5.73 Å². The molecule has 2 rings (SSSR count). The monoisotopic (exact) mass is 375 g/mol. The number of aromatic nitrogens is 1. The Morgan fingerprint density at radius 2 is 1.95 bits per heavy atom. The first-order chi connectivity index (χ1) is 8.94. The predicted octanol–water partition coefficient (Wildman–Crippen LogP) is 4.02. The molecule has 2 aromatic rings. The first-order valence-corrected chi connectivity index (χ1v) is 7.75. The summed E-state index contributed by atoms with van der Waals surface area (Å²) in [6.07, 6.45) is 2.82. The number of hydrogen-bond acceptors (Lipinski definition) is 4. The Morgan fingerprint density at radius 1 is 1.30 bits per heavy atom. The largest absolute Gasteiger partial charge is 0.375 e. The third-order valence-corrected chi connectivity index (χ3v) is 4.23. The van der Waals surface area contributed by atoms with Crippen molar-refractivity contribution in [1.82, 2.24) is 10.3 Å². The van der Waals surface area contributed by atoms with Crippen LogP contribution in [0.2, 0.25) is 0 Å². The Labute approximate surface area is 138 Å². The van der Waals surface area contributed by atoms with Crippen molar-refractivity contribution in [2.45, 2.75) is 32.4 Å². The Kier molecular flexibility index (Phi) is 6.45. The molecule has 3 N–H and O–H groups in total. The van der Waals surface area contributed by atoms with E-state index in [0.29, 0.717) is 5.13 Å². The van der Waals surface area contributed by atoms with Gasteiger partial charge in [-0.2, -0.15) is 0 Å². The molecule has 0 aliphatic heterocycles. The second kappa shape index (κ2) is 7.41. The van der Waals surface area contributed by atoms with Crippen molar-refractivity contribution >= 4 is 44.8 Å². The van der Waals surface area contributed by atoms with Crippen LogP contribution >= 0.6 is 39.7 Å². The first-order valence-electron chi connectivity index (χ1n) is 6.14. The number of nitrogens with two attached hydrogens (primary N) is 1. The van der Waals surface area contributed by atoms with Crippen molar-refractivity contribution in [2.24, 2.45) is 0 Å². The highest BCUT2D eigenvalue weighted by Gasteiger charge is 2.18. The van der Waals surface area contributed by atoms with Crippen molar-refractivity contribution in [3.63, 3.8) is 0 Å². The van der Waals surface area contributed by atoms with Gasteiger partial charge in [0.2, 0.25) is 0 Å². The van der Waals surface area contributed by atoms with E-state index in [9.17, 15) is 0 Å². The fraction of sp³-hybridized carbons (Fsp3) is 0.357. The maximum atomic E-state index is 5.63. The average molecular weight is 377 g/mol. The minimum atomic E-state index is 0. The first kappa shape index (κ1) is 17.4. The van der Waals surface area contributed by atoms with Crippen LogP contribution in [0.1, 0.15) is 24.3 Å². The lowest BCUT2D eigenvalue weighted by atomic mass is 9.95. The maximum Gasteiger partial charge on any atom is 0.180 e. The van der Waals surface area contributed by atoms with E-state index in [1.165, 1.54) is 21.8 Å². The van der Waals surface area contributed by atoms with Gasteiger partial charge in [0.05, 0.1) is 0 Å². The van der Waals surface area contributed by atoms with Crippen LogP contribution in [0.4, 0.5) is 5.13 Å². The summed E-state index contributed by atoms with van der Waals surface area (Å²) in [6.45, 7) is 5.22. The molecule has 0 saturated heterocycles. The highest BCUT2D eigenvalue weighted by molar-refractivity contribution is 9.10. The predicted molar refractivity (Wildman–Crippen MR) is 92.5 cm³/mol. The van der Waals surface area contributed by atoms with Gasteiger partial charge in [-0.3, -0.25) is 0 Å². The molecule has 0 radical (unpaired) electrons. The quantitative estimate of drug-likeness (QED) is 0.828. The van der Waals surface area contributed by atoms with Crippen LogP contribution in [0, 0.1) is 0 Å². The summed E-state index contributed by atoms with van der Waals surface area (Å²) in [5, 5.41) is 4.18. The molecule has 1 aromatic carbocycles. The van der Waals surface area contributed by atoms with Gasteiger partial charge in [0.15, 0.2) is 5.13 Å². The lowest BCUT2D eigenvalue weighted by Crippen LogP contribution is -2.40. The number of halogens is 2. The fourth-order valence-corrected chi connectivity index (χ4v) is 2.79. The van der Waals surface area contributed by atoms with Gasteiger partial charge in [0.1, 0.15) is 0 Å². The molecule has 0 bridgehead atoms. The Hall–Kier alpha value is -0.620. The van der Waals surface area contributed by atoms with Gasteiger partial charge < -0.3 is 11.1 Å². The van der Waals surface area contributed by atoms with Crippen molar-refractivity contribution < 1.29 is 0 Å². The van der Waals surface area contributed by atoms with Crippen molar-refractivity contribution in [1.29, 1.82) is 0 Å². The molecule has 6 heteroatoms. The van der Waals surface area contributed by atoms with Gasteiger partial charge in [-0.05, 0) is 38.0 Å². The van der Waals surface area contributed by atoms with Crippen LogP contribution in [0.15, 0.2) is 34.9 Å². The molecule has 0 spiro atoms. The van der Waals surface area contributed by atoms with E-state index in [1.54, 1.807) is 0 Å². The van der Waals surface area contributed by atoms with Gasteiger partial charge in [-0.25, -0.2) is 4.98 Å². The van der Waals surface area contributed by atoms with Crippen molar-refractivity contribution in [2.75, 3.05) is 5.73 Å². The SMILES string of the molecule is CC(C)(Cc1ccc(Br)cc1)NCc1cnc(N)s1.Cl. The van der Waals surface area contributed by atoms with E-state index < -0.39 is 0 Å². The number of benzene rings is 1. The molecule has 1 aromatic heterocycles. The molecule has 110 valence electrons. The zero-order valence-corrected chi connectivity index (χ0v) is 14.7. The molecule has 20 heavy (non-hydrogen) atoms. The topological polar surface area (TPSA) is 50.9 Å². The highest BCUT2D eigenvalue weighted by atomic mass is 79.9. The zero-order valence-electron chi connectivity index (χ0n) is 11.5. The Bertz CT molecular complexity index is 540. The van der Waals surface area contributed by atoms with Gasteiger partial charge in [-0.1, -0.05) is 28.1 Å². The summed E-state index contributed by atoms with van der Waals surface area (Å²) >= 11 is 4.99. The molecule has 0 fully saturated rings. The van der Waals surface area contributed by atoms with E-state index in [2.05, 4.69) is 64.3 Å². The molecule has 0 aliphatic carbocycles. The third kappa shape index (κ3) is 5.40. The summed E-state index contributed by atoms with van der Waals surface area (Å²) in [7, 11) is 0. The van der Waals surface area contributed by atoms with Crippen LogP contribution < -0.4 is 11.1 Å². The summed E-state index contributed by atoms with van der Waals surface area (Å²) < 4.78 is 1.11. The Morgan fingerprint density at radius 3 is 2.50 bits per heavy atom. The molecular formula is C14H19BrClN3S. The number of anilines is 1. The van der Waals surface area contributed by atoms with Crippen LogP contribution in [0.5, 0.6) is 0 Å². The fourth-order valence-electron chi connectivity index (χ4n) is 1.91. The lowest BCUT2D eigenvalue weighted by Gasteiger charge is -2.26. The standard InChI is InChI=1S/C14H18BrN3S.ClH/c1-14(2,7-10-3-5-11(15)6-4-10)18-9-12-8-17-13(16)19-12;/h3-6,8,18H,7,9H2,1-2H3,(H2,16,17);1H. The van der Waals surface area contributed by atoms with Crippen molar-refractivity contribution in [3.05, 3.63) is 45.4 Å². The zero-order chi connectivity index (χ0) is 13.9. The van der Waals surface area contributed by atoms with E-state index in [-0.39, 0.29) is 17.9 Å². The molecule has 0 unspecified atom stereocenters. The van der Waals surface area contributed by atoms with Crippen LogP contribution in [-0.2, 0) is 13.0 Å². The second-order valence-corrected chi connectivity index (χ2v) is 7.27. The average Bonchev–Trinajstić information content (AvgIpc) is 2.76. The summed E-state index contributed by atoms with van der Waals surface area (Å²) in [6, 6.07) is 8.46. The minimum absolute atomic E-state index is 0. The number of nitrogen functional groups attached to an aromatic ring is 1. The van der Waals surface area contributed by atoms with Crippen LogP contribution in [-0.4, -0.2) is 10.5 Å². The van der Waals surface area contributed by atoms with E-state index in [0.717, 1.165) is 17.4 Å². The number of rotatable bonds is 5. The normalized spacial score (nSPS) is 11.2. The van der Waals surface area contributed by atoms with Crippen molar-refractivity contribution in [3.8, 4) is 0 Å². The number of thiazole rings is 1. The van der Waals surface area contributed by atoms with E-state index >= 15 is 0 Å². The maximum absolute atomic E-state index is 5.63. The molecule has 0 atom stereocenters. The van der Waals surface area contributed by atoms with Gasteiger partial charge in [0, 0.05) is 27.6 Å². The summed E-state index contributed by atoms with van der Waals surface area (Å²) in [5.41, 5.74) is 6.99. The highest BCUT2D eigenvalue weighted by Crippen LogP contribution is 2.18. The second-order valence-electron chi connectivity index (χ2n) is 5.21. The van der Waals surface area contributed by atoms with E-state index in [1.807, 2.05) is 6.20 Å². The summed E-state index contributed by atoms with van der Waals surface area (Å²) in [4.78, 5) is 5.23. The Balaban J connectivity index is 0.00000200. The van der Waals surface area contributed by atoms with Crippen LogP contribution in [0.25, 0.3) is 0 Å². The molecule has 3 nitrogen and oxygen atoms in total. The molecule has 0 amide bonds. The molecule has 1 heterocycles. The van der Waals surface area contributed by atoms with Gasteiger partial charge in [-0.15, -0.1) is 23.7 Å².